The van der Waals surface area contributed by atoms with Gasteiger partial charge in [0.2, 0.25) is 0 Å². The second kappa shape index (κ2) is 8.20. The number of hydrogen-bond acceptors (Lipinski definition) is 2. The van der Waals surface area contributed by atoms with Crippen LogP contribution < -0.4 is 4.74 Å². The van der Waals surface area contributed by atoms with Crippen LogP contribution in [0.2, 0.25) is 0 Å². The Morgan fingerprint density at radius 2 is 2.00 bits per heavy atom. The first kappa shape index (κ1) is 16.0. The molecule has 1 N–H and O–H groups in total. The molecule has 0 aliphatic heterocycles. The maximum atomic E-state index is 10.8. The molecule has 0 aromatic heterocycles. The normalized spacial score (nSPS) is 11.1. The summed E-state index contributed by atoms with van der Waals surface area (Å²) >= 11 is 0. The summed E-state index contributed by atoms with van der Waals surface area (Å²) in [4.78, 5) is 10.8. The van der Waals surface area contributed by atoms with Crippen molar-refractivity contribution in [2.45, 2.75) is 33.6 Å². The number of carbonyl (C=O) groups is 1. The molecule has 0 spiro atoms. The van der Waals surface area contributed by atoms with Gasteiger partial charge in [-0.2, -0.15) is 0 Å². The number of ether oxygens (including phenoxy) is 1. The zero-order valence-corrected chi connectivity index (χ0v) is 12.3. The zero-order chi connectivity index (χ0) is 15.0. The molecular formula is C17H22O3. The van der Waals surface area contributed by atoms with E-state index in [0.717, 1.165) is 12.8 Å². The van der Waals surface area contributed by atoms with Gasteiger partial charge in [-0.1, -0.05) is 23.3 Å². The summed E-state index contributed by atoms with van der Waals surface area (Å²) in [5, 5.41) is 8.89. The molecular weight excluding hydrogens is 252 g/mol. The number of carboxylic acids is 1. The van der Waals surface area contributed by atoms with Gasteiger partial charge in [-0.15, -0.1) is 0 Å². The molecule has 108 valence electrons. The van der Waals surface area contributed by atoms with Crippen LogP contribution in [0.4, 0.5) is 0 Å². The van der Waals surface area contributed by atoms with E-state index in [1.54, 1.807) is 18.2 Å². The van der Waals surface area contributed by atoms with E-state index in [4.69, 9.17) is 9.84 Å². The van der Waals surface area contributed by atoms with Crippen LogP contribution in [0.1, 0.15) is 44.0 Å². The quantitative estimate of drug-likeness (QED) is 0.747. The fourth-order valence-electron chi connectivity index (χ4n) is 1.69. The minimum atomic E-state index is -0.941. The summed E-state index contributed by atoms with van der Waals surface area (Å²) in [5.41, 5.74) is 2.85. The van der Waals surface area contributed by atoms with E-state index in [1.807, 2.05) is 6.08 Å². The maximum absolute atomic E-state index is 10.8. The lowest BCUT2D eigenvalue weighted by atomic mass is 10.1. The van der Waals surface area contributed by atoms with E-state index in [1.165, 1.54) is 17.2 Å². The average molecular weight is 274 g/mol. The van der Waals surface area contributed by atoms with Crippen molar-refractivity contribution in [1.82, 2.24) is 0 Å². The Labute approximate surface area is 120 Å². The third-order valence-electron chi connectivity index (χ3n) is 2.85. The maximum Gasteiger partial charge on any atom is 0.335 e. The smallest absolute Gasteiger partial charge is 0.335 e. The Hall–Kier alpha value is -2.03. The lowest BCUT2D eigenvalue weighted by molar-refractivity contribution is 0.0696. The zero-order valence-electron chi connectivity index (χ0n) is 12.3. The first-order chi connectivity index (χ1) is 9.49. The molecule has 1 aromatic carbocycles. The second-order valence-corrected chi connectivity index (χ2v) is 5.01. The van der Waals surface area contributed by atoms with E-state index < -0.39 is 5.97 Å². The van der Waals surface area contributed by atoms with Crippen molar-refractivity contribution < 1.29 is 14.6 Å². The molecule has 1 rings (SSSR count). The first-order valence-electron chi connectivity index (χ1n) is 6.74. The van der Waals surface area contributed by atoms with Gasteiger partial charge < -0.3 is 9.84 Å². The second-order valence-electron chi connectivity index (χ2n) is 5.01. The van der Waals surface area contributed by atoms with Gasteiger partial charge in [0.25, 0.3) is 0 Å². The van der Waals surface area contributed by atoms with Crippen LogP contribution in [0.5, 0.6) is 5.75 Å². The van der Waals surface area contributed by atoms with Crippen molar-refractivity contribution in [1.29, 1.82) is 0 Å². The van der Waals surface area contributed by atoms with Crippen LogP contribution in [0, 0.1) is 0 Å². The molecule has 0 aliphatic rings. The van der Waals surface area contributed by atoms with Gasteiger partial charge in [-0.05, 0) is 57.9 Å². The summed E-state index contributed by atoms with van der Waals surface area (Å²) in [6.45, 7) is 6.73. The van der Waals surface area contributed by atoms with Gasteiger partial charge in [-0.25, -0.2) is 4.79 Å². The highest BCUT2D eigenvalue weighted by molar-refractivity contribution is 5.87. The van der Waals surface area contributed by atoms with Crippen LogP contribution in [0.15, 0.2) is 47.6 Å². The van der Waals surface area contributed by atoms with Gasteiger partial charge in [0.1, 0.15) is 12.4 Å². The molecule has 0 fully saturated rings. The van der Waals surface area contributed by atoms with Crippen LogP contribution >= 0.6 is 0 Å². The topological polar surface area (TPSA) is 46.5 Å². The van der Waals surface area contributed by atoms with Crippen molar-refractivity contribution in [3.63, 3.8) is 0 Å². The molecule has 0 heterocycles. The SMILES string of the molecule is CC(C)=CCC/C(C)=C/COc1cccc(C(=O)O)c1. The highest BCUT2D eigenvalue weighted by Gasteiger charge is 2.03. The van der Waals surface area contributed by atoms with E-state index in [0.29, 0.717) is 12.4 Å². The number of benzene rings is 1. The first-order valence-corrected chi connectivity index (χ1v) is 6.74. The Kier molecular flexibility index (Phi) is 6.57. The average Bonchev–Trinajstić information content (AvgIpc) is 2.38. The molecule has 0 unspecified atom stereocenters. The number of carboxylic acid groups (broad SMARTS) is 1. The summed E-state index contributed by atoms with van der Waals surface area (Å²) in [6, 6.07) is 6.54. The van der Waals surface area contributed by atoms with Crippen molar-refractivity contribution >= 4 is 5.97 Å². The van der Waals surface area contributed by atoms with Gasteiger partial charge in [0.15, 0.2) is 0 Å². The number of aromatic carboxylic acids is 1. The predicted molar refractivity (Wildman–Crippen MR) is 81.3 cm³/mol. The van der Waals surface area contributed by atoms with Crippen molar-refractivity contribution in [3.8, 4) is 5.75 Å². The molecule has 0 saturated carbocycles. The predicted octanol–water partition coefficient (Wildman–Crippen LogP) is 4.46. The summed E-state index contributed by atoms with van der Waals surface area (Å²) in [6.07, 6.45) is 6.31. The summed E-state index contributed by atoms with van der Waals surface area (Å²) < 4.78 is 5.54. The van der Waals surface area contributed by atoms with Gasteiger partial charge in [-0.3, -0.25) is 0 Å². The van der Waals surface area contributed by atoms with Crippen LogP contribution in [0.25, 0.3) is 0 Å². The molecule has 1 aromatic rings. The minimum Gasteiger partial charge on any atom is -0.490 e. The van der Waals surface area contributed by atoms with Gasteiger partial charge in [0, 0.05) is 0 Å². The largest absolute Gasteiger partial charge is 0.490 e. The van der Waals surface area contributed by atoms with Crippen LogP contribution in [0.3, 0.4) is 0 Å². The van der Waals surface area contributed by atoms with Crippen molar-refractivity contribution in [2.75, 3.05) is 6.61 Å². The third kappa shape index (κ3) is 6.23. The standard InChI is InChI=1S/C17H22O3/c1-13(2)6-4-7-14(3)10-11-20-16-9-5-8-15(12-16)17(18)19/h5-6,8-10,12H,4,7,11H2,1-3H3,(H,18,19)/b14-10+. The minimum absolute atomic E-state index is 0.242. The fraction of sp³-hybridized carbons (Fsp3) is 0.353. The van der Waals surface area contributed by atoms with E-state index in [2.05, 4.69) is 26.8 Å². The molecule has 0 atom stereocenters. The molecule has 0 bridgehead atoms. The summed E-state index contributed by atoms with van der Waals surface area (Å²) in [7, 11) is 0. The summed E-state index contributed by atoms with van der Waals surface area (Å²) in [5.74, 6) is -0.359. The van der Waals surface area contributed by atoms with Crippen LogP contribution in [-0.2, 0) is 0 Å². The molecule has 0 saturated heterocycles. The molecule has 3 nitrogen and oxygen atoms in total. The molecule has 0 aliphatic carbocycles. The Morgan fingerprint density at radius 1 is 1.25 bits per heavy atom. The third-order valence-corrected chi connectivity index (χ3v) is 2.85. The highest BCUT2D eigenvalue weighted by Crippen LogP contribution is 2.14. The monoisotopic (exact) mass is 274 g/mol. The lowest BCUT2D eigenvalue weighted by Crippen LogP contribution is -1.99. The molecule has 20 heavy (non-hydrogen) atoms. The molecule has 0 amide bonds. The van der Waals surface area contributed by atoms with E-state index >= 15 is 0 Å². The molecule has 3 heteroatoms. The van der Waals surface area contributed by atoms with Crippen molar-refractivity contribution in [2.24, 2.45) is 0 Å². The van der Waals surface area contributed by atoms with Gasteiger partial charge >= 0.3 is 5.97 Å². The number of rotatable bonds is 7. The number of allylic oxidation sites excluding steroid dienone is 3. The van der Waals surface area contributed by atoms with Crippen molar-refractivity contribution in [3.05, 3.63) is 53.1 Å². The Balaban J connectivity index is 2.45. The fourth-order valence-corrected chi connectivity index (χ4v) is 1.69. The number of hydrogen-bond donors (Lipinski definition) is 1. The molecule has 0 radical (unpaired) electrons. The van der Waals surface area contributed by atoms with Crippen LogP contribution in [-0.4, -0.2) is 17.7 Å². The van der Waals surface area contributed by atoms with E-state index in [-0.39, 0.29) is 5.56 Å². The highest BCUT2D eigenvalue weighted by atomic mass is 16.5. The Morgan fingerprint density at radius 3 is 2.65 bits per heavy atom. The van der Waals surface area contributed by atoms with E-state index in [9.17, 15) is 4.79 Å². The lowest BCUT2D eigenvalue weighted by Gasteiger charge is -2.05. The Bertz CT molecular complexity index is 509. The van der Waals surface area contributed by atoms with Gasteiger partial charge in [0.05, 0.1) is 5.56 Å².